The molecule has 2 aromatic rings. The maximum absolute atomic E-state index is 6.20. The first-order valence-electron chi connectivity index (χ1n) is 6.31. The fourth-order valence-electron chi connectivity index (χ4n) is 1.91. The first kappa shape index (κ1) is 13.9. The minimum atomic E-state index is 0.486. The molecule has 0 radical (unpaired) electrons. The second kappa shape index (κ2) is 6.60. The minimum absolute atomic E-state index is 0.486. The average Bonchev–Trinajstić information content (AvgIpc) is 2.40. The molecule has 2 aromatic carbocycles. The molecule has 0 aliphatic rings. The molecular weight excluding hydrogens is 258 g/mol. The highest BCUT2D eigenvalue weighted by Crippen LogP contribution is 2.22. The van der Waals surface area contributed by atoms with E-state index in [4.69, 9.17) is 16.3 Å². The van der Waals surface area contributed by atoms with Gasteiger partial charge in [-0.1, -0.05) is 41.9 Å². The van der Waals surface area contributed by atoms with E-state index in [-0.39, 0.29) is 0 Å². The van der Waals surface area contributed by atoms with Crippen molar-refractivity contribution in [2.75, 3.05) is 7.05 Å². The number of rotatable bonds is 5. The number of benzene rings is 2. The highest BCUT2D eigenvalue weighted by molar-refractivity contribution is 6.31. The van der Waals surface area contributed by atoms with Gasteiger partial charge in [-0.25, -0.2) is 0 Å². The molecule has 2 nitrogen and oxygen atoms in total. The van der Waals surface area contributed by atoms with Crippen LogP contribution < -0.4 is 10.1 Å². The SMILES string of the molecule is CNCc1ccccc1OCc1ccc(C)cc1Cl. The molecule has 0 aromatic heterocycles. The number of ether oxygens (including phenoxy) is 1. The van der Waals surface area contributed by atoms with Crippen molar-refractivity contribution in [1.29, 1.82) is 0 Å². The van der Waals surface area contributed by atoms with Crippen LogP contribution in [0.4, 0.5) is 0 Å². The van der Waals surface area contributed by atoms with Crippen LogP contribution in [0.15, 0.2) is 42.5 Å². The zero-order chi connectivity index (χ0) is 13.7. The summed E-state index contributed by atoms with van der Waals surface area (Å²) in [4.78, 5) is 0. The van der Waals surface area contributed by atoms with Gasteiger partial charge in [0.1, 0.15) is 12.4 Å². The van der Waals surface area contributed by atoms with Crippen LogP contribution in [0.25, 0.3) is 0 Å². The lowest BCUT2D eigenvalue weighted by Gasteiger charge is -2.12. The molecule has 19 heavy (non-hydrogen) atoms. The standard InChI is InChI=1S/C16H18ClNO/c1-12-7-8-14(15(17)9-12)11-19-16-6-4-3-5-13(16)10-18-2/h3-9,18H,10-11H2,1-2H3. The molecule has 1 N–H and O–H groups in total. The summed E-state index contributed by atoms with van der Waals surface area (Å²) in [7, 11) is 1.92. The summed E-state index contributed by atoms with van der Waals surface area (Å²) in [5.74, 6) is 0.897. The number of aryl methyl sites for hydroxylation is 1. The Morgan fingerprint density at radius 1 is 1.11 bits per heavy atom. The third-order valence-electron chi connectivity index (χ3n) is 2.93. The summed E-state index contributed by atoms with van der Waals surface area (Å²) < 4.78 is 5.87. The molecule has 0 unspecified atom stereocenters. The van der Waals surface area contributed by atoms with E-state index in [2.05, 4.69) is 11.4 Å². The van der Waals surface area contributed by atoms with E-state index >= 15 is 0 Å². The van der Waals surface area contributed by atoms with Crippen LogP contribution in [0.5, 0.6) is 5.75 Å². The van der Waals surface area contributed by atoms with Crippen molar-refractivity contribution >= 4 is 11.6 Å². The lowest BCUT2D eigenvalue weighted by molar-refractivity contribution is 0.302. The van der Waals surface area contributed by atoms with Crippen LogP contribution >= 0.6 is 11.6 Å². The molecule has 0 aliphatic heterocycles. The number of hydrogen-bond donors (Lipinski definition) is 1. The predicted molar refractivity (Wildman–Crippen MR) is 79.7 cm³/mol. The zero-order valence-corrected chi connectivity index (χ0v) is 12.0. The van der Waals surface area contributed by atoms with Gasteiger partial charge in [0.05, 0.1) is 0 Å². The van der Waals surface area contributed by atoms with Crippen molar-refractivity contribution in [3.8, 4) is 5.75 Å². The molecule has 0 aliphatic carbocycles. The quantitative estimate of drug-likeness (QED) is 0.892. The number of nitrogens with one attached hydrogen (secondary N) is 1. The summed E-state index contributed by atoms with van der Waals surface area (Å²) in [6.45, 7) is 3.30. The highest BCUT2D eigenvalue weighted by Gasteiger charge is 2.05. The first-order valence-corrected chi connectivity index (χ1v) is 6.69. The van der Waals surface area contributed by atoms with Gasteiger partial charge in [-0.2, -0.15) is 0 Å². The number of hydrogen-bond acceptors (Lipinski definition) is 2. The van der Waals surface area contributed by atoms with E-state index < -0.39 is 0 Å². The predicted octanol–water partition coefficient (Wildman–Crippen LogP) is 3.95. The van der Waals surface area contributed by atoms with Gasteiger partial charge in [0.2, 0.25) is 0 Å². The summed E-state index contributed by atoms with van der Waals surface area (Å²) in [6.07, 6.45) is 0. The third kappa shape index (κ3) is 3.72. The molecule has 0 amide bonds. The Hall–Kier alpha value is -1.51. The van der Waals surface area contributed by atoms with Gasteiger partial charge in [0.25, 0.3) is 0 Å². The van der Waals surface area contributed by atoms with Gasteiger partial charge < -0.3 is 10.1 Å². The van der Waals surface area contributed by atoms with E-state index in [1.165, 1.54) is 0 Å². The maximum atomic E-state index is 6.20. The summed E-state index contributed by atoms with van der Waals surface area (Å²) in [5, 5.41) is 3.89. The van der Waals surface area contributed by atoms with Gasteiger partial charge in [-0.3, -0.25) is 0 Å². The zero-order valence-electron chi connectivity index (χ0n) is 11.2. The molecule has 0 saturated carbocycles. The normalized spacial score (nSPS) is 10.5. The molecule has 0 saturated heterocycles. The van der Waals surface area contributed by atoms with Crippen LogP contribution in [0.3, 0.4) is 0 Å². The van der Waals surface area contributed by atoms with Gasteiger partial charge in [-0.05, 0) is 31.7 Å². The molecule has 0 spiro atoms. The van der Waals surface area contributed by atoms with E-state index in [0.717, 1.165) is 34.0 Å². The molecular formula is C16H18ClNO. The number of halogens is 1. The largest absolute Gasteiger partial charge is 0.489 e. The molecule has 0 heterocycles. The lowest BCUT2D eigenvalue weighted by atomic mass is 10.1. The summed E-state index contributed by atoms with van der Waals surface area (Å²) >= 11 is 6.20. The second-order valence-electron chi connectivity index (χ2n) is 4.52. The van der Waals surface area contributed by atoms with Crippen LogP contribution in [-0.2, 0) is 13.2 Å². The molecule has 3 heteroatoms. The minimum Gasteiger partial charge on any atom is -0.489 e. The fraction of sp³-hybridized carbons (Fsp3) is 0.250. The van der Waals surface area contributed by atoms with Crippen LogP contribution in [0.1, 0.15) is 16.7 Å². The van der Waals surface area contributed by atoms with Crippen molar-refractivity contribution in [3.05, 3.63) is 64.2 Å². The molecule has 0 fully saturated rings. The van der Waals surface area contributed by atoms with Crippen molar-refractivity contribution in [1.82, 2.24) is 5.32 Å². The molecule has 0 bridgehead atoms. The van der Waals surface area contributed by atoms with E-state index in [9.17, 15) is 0 Å². The lowest BCUT2D eigenvalue weighted by Crippen LogP contribution is -2.07. The second-order valence-corrected chi connectivity index (χ2v) is 4.93. The van der Waals surface area contributed by atoms with Crippen molar-refractivity contribution in [3.63, 3.8) is 0 Å². The van der Waals surface area contributed by atoms with E-state index in [1.54, 1.807) is 0 Å². The Morgan fingerprint density at radius 2 is 1.89 bits per heavy atom. The Morgan fingerprint density at radius 3 is 2.63 bits per heavy atom. The third-order valence-corrected chi connectivity index (χ3v) is 3.28. The fourth-order valence-corrected chi connectivity index (χ4v) is 2.20. The van der Waals surface area contributed by atoms with Crippen LogP contribution in [-0.4, -0.2) is 7.05 Å². The summed E-state index contributed by atoms with van der Waals surface area (Å²) in [6, 6.07) is 14.0. The first-order chi connectivity index (χ1) is 9.20. The van der Waals surface area contributed by atoms with Gasteiger partial charge in [0.15, 0.2) is 0 Å². The number of para-hydroxylation sites is 1. The van der Waals surface area contributed by atoms with E-state index in [1.807, 2.05) is 50.4 Å². The molecule has 2 rings (SSSR count). The van der Waals surface area contributed by atoms with Crippen molar-refractivity contribution in [2.45, 2.75) is 20.1 Å². The average molecular weight is 276 g/mol. The molecule has 0 atom stereocenters. The van der Waals surface area contributed by atoms with Crippen molar-refractivity contribution in [2.24, 2.45) is 0 Å². The van der Waals surface area contributed by atoms with Gasteiger partial charge >= 0.3 is 0 Å². The highest BCUT2D eigenvalue weighted by atomic mass is 35.5. The van der Waals surface area contributed by atoms with Crippen LogP contribution in [0.2, 0.25) is 5.02 Å². The van der Waals surface area contributed by atoms with Crippen LogP contribution in [0, 0.1) is 6.92 Å². The van der Waals surface area contributed by atoms with E-state index in [0.29, 0.717) is 6.61 Å². The Kier molecular flexibility index (Phi) is 4.83. The molecule has 100 valence electrons. The Balaban J connectivity index is 2.10. The maximum Gasteiger partial charge on any atom is 0.124 e. The monoisotopic (exact) mass is 275 g/mol. The van der Waals surface area contributed by atoms with Gasteiger partial charge in [-0.15, -0.1) is 0 Å². The van der Waals surface area contributed by atoms with Crippen molar-refractivity contribution < 1.29 is 4.74 Å². The summed E-state index contributed by atoms with van der Waals surface area (Å²) in [5.41, 5.74) is 3.31. The Bertz CT molecular complexity index is 554. The Labute approximate surface area is 119 Å². The van der Waals surface area contributed by atoms with Gasteiger partial charge in [0, 0.05) is 22.7 Å². The topological polar surface area (TPSA) is 21.3 Å². The smallest absolute Gasteiger partial charge is 0.124 e.